The molecule has 1 aliphatic heterocycles. The topological polar surface area (TPSA) is 15.3 Å². The molecule has 0 radical (unpaired) electrons. The molecule has 1 N–H and O–H groups in total. The van der Waals surface area contributed by atoms with E-state index >= 15 is 0 Å². The van der Waals surface area contributed by atoms with E-state index in [1.54, 1.807) is 0 Å². The number of nitrogens with zero attached hydrogens (tertiary/aromatic N) is 1. The minimum Gasteiger partial charge on any atom is -0.365 e. The minimum absolute atomic E-state index is 0.196. The summed E-state index contributed by atoms with van der Waals surface area (Å²) >= 11 is 0. The van der Waals surface area contributed by atoms with E-state index in [-0.39, 0.29) is 5.41 Å². The summed E-state index contributed by atoms with van der Waals surface area (Å²) in [6, 6.07) is 10.2. The zero-order valence-electron chi connectivity index (χ0n) is 13.7. The van der Waals surface area contributed by atoms with Gasteiger partial charge in [-0.25, -0.2) is 0 Å². The van der Waals surface area contributed by atoms with Gasteiger partial charge in [0.2, 0.25) is 0 Å². The molecule has 1 heterocycles. The predicted molar refractivity (Wildman–Crippen MR) is 88.6 cm³/mol. The molecule has 2 nitrogen and oxygen atoms in total. The van der Waals surface area contributed by atoms with Gasteiger partial charge in [-0.05, 0) is 29.9 Å². The van der Waals surface area contributed by atoms with E-state index in [9.17, 15) is 0 Å². The first-order valence-corrected chi connectivity index (χ1v) is 8.06. The molecule has 0 aromatic heterocycles. The SMILES string of the molecule is CCC1CN(c2ccccc2C(C)(C)C)C(CC)CN1. The van der Waals surface area contributed by atoms with Crippen LogP contribution in [0.4, 0.5) is 5.69 Å². The highest BCUT2D eigenvalue weighted by Crippen LogP contribution is 2.34. The fraction of sp³-hybridized carbons (Fsp3) is 0.667. The van der Waals surface area contributed by atoms with Crippen LogP contribution in [0.5, 0.6) is 0 Å². The Hall–Kier alpha value is -1.02. The summed E-state index contributed by atoms with van der Waals surface area (Å²) in [5.74, 6) is 0. The molecule has 2 unspecified atom stereocenters. The van der Waals surface area contributed by atoms with Crippen molar-refractivity contribution in [3.8, 4) is 0 Å². The molecule has 0 saturated carbocycles. The highest BCUT2D eigenvalue weighted by atomic mass is 15.2. The van der Waals surface area contributed by atoms with Crippen LogP contribution in [0.2, 0.25) is 0 Å². The lowest BCUT2D eigenvalue weighted by molar-refractivity contribution is 0.377. The molecule has 2 rings (SSSR count). The fourth-order valence-electron chi connectivity index (χ4n) is 3.16. The number of para-hydroxylation sites is 1. The van der Waals surface area contributed by atoms with Gasteiger partial charge in [-0.3, -0.25) is 0 Å². The van der Waals surface area contributed by atoms with E-state index in [1.165, 1.54) is 24.1 Å². The van der Waals surface area contributed by atoms with Crippen molar-refractivity contribution < 1.29 is 0 Å². The Labute approximate surface area is 124 Å². The second-order valence-corrected chi connectivity index (χ2v) is 7.00. The summed E-state index contributed by atoms with van der Waals surface area (Å²) in [6.07, 6.45) is 2.40. The van der Waals surface area contributed by atoms with E-state index in [0.29, 0.717) is 12.1 Å². The first-order chi connectivity index (χ1) is 9.47. The molecule has 0 amide bonds. The molecule has 20 heavy (non-hydrogen) atoms. The van der Waals surface area contributed by atoms with Gasteiger partial charge in [0.05, 0.1) is 0 Å². The highest BCUT2D eigenvalue weighted by molar-refractivity contribution is 5.57. The van der Waals surface area contributed by atoms with Gasteiger partial charge in [0, 0.05) is 30.9 Å². The van der Waals surface area contributed by atoms with Crippen LogP contribution < -0.4 is 10.2 Å². The average molecular weight is 274 g/mol. The number of nitrogens with one attached hydrogen (secondary N) is 1. The molecule has 2 heteroatoms. The standard InChI is InChI=1S/C18H30N2/c1-6-14-13-20(15(7-2)12-19-14)17-11-9-8-10-16(17)18(3,4)5/h8-11,14-15,19H,6-7,12-13H2,1-5H3. The normalized spacial score (nSPS) is 23.9. The van der Waals surface area contributed by atoms with Crippen LogP contribution in [0.1, 0.15) is 53.0 Å². The number of anilines is 1. The third kappa shape index (κ3) is 3.17. The Morgan fingerprint density at radius 3 is 2.45 bits per heavy atom. The molecule has 1 saturated heterocycles. The van der Waals surface area contributed by atoms with Crippen molar-refractivity contribution in [3.05, 3.63) is 29.8 Å². The second-order valence-electron chi connectivity index (χ2n) is 7.00. The molecule has 0 bridgehead atoms. The van der Waals surface area contributed by atoms with Gasteiger partial charge in [0.25, 0.3) is 0 Å². The maximum atomic E-state index is 3.69. The number of hydrogen-bond donors (Lipinski definition) is 1. The van der Waals surface area contributed by atoms with E-state index < -0.39 is 0 Å². The lowest BCUT2D eigenvalue weighted by atomic mass is 9.85. The smallest absolute Gasteiger partial charge is 0.0412 e. The predicted octanol–water partition coefficient (Wildman–Crippen LogP) is 3.95. The van der Waals surface area contributed by atoms with Crippen molar-refractivity contribution in [2.45, 2.75) is 65.0 Å². The van der Waals surface area contributed by atoms with Crippen molar-refractivity contribution in [3.63, 3.8) is 0 Å². The first-order valence-electron chi connectivity index (χ1n) is 8.06. The molecule has 112 valence electrons. The summed E-state index contributed by atoms with van der Waals surface area (Å²) in [7, 11) is 0. The Balaban J connectivity index is 2.37. The van der Waals surface area contributed by atoms with Crippen molar-refractivity contribution in [1.29, 1.82) is 0 Å². The Morgan fingerprint density at radius 2 is 1.85 bits per heavy atom. The average Bonchev–Trinajstić information content (AvgIpc) is 2.45. The summed E-state index contributed by atoms with van der Waals surface area (Å²) in [5.41, 5.74) is 3.10. The van der Waals surface area contributed by atoms with Gasteiger partial charge in [-0.15, -0.1) is 0 Å². The molecular formula is C18H30N2. The molecule has 2 atom stereocenters. The summed E-state index contributed by atoms with van der Waals surface area (Å²) in [4.78, 5) is 2.64. The maximum absolute atomic E-state index is 3.69. The third-order valence-electron chi connectivity index (χ3n) is 4.49. The largest absolute Gasteiger partial charge is 0.365 e. The van der Waals surface area contributed by atoms with Crippen LogP contribution in [0.3, 0.4) is 0 Å². The van der Waals surface area contributed by atoms with Gasteiger partial charge in [-0.2, -0.15) is 0 Å². The van der Waals surface area contributed by atoms with Gasteiger partial charge >= 0.3 is 0 Å². The van der Waals surface area contributed by atoms with Crippen LogP contribution in [0, 0.1) is 0 Å². The van der Waals surface area contributed by atoms with Crippen LogP contribution in [0.15, 0.2) is 24.3 Å². The van der Waals surface area contributed by atoms with Gasteiger partial charge in [0.1, 0.15) is 0 Å². The minimum atomic E-state index is 0.196. The zero-order chi connectivity index (χ0) is 14.8. The van der Waals surface area contributed by atoms with Gasteiger partial charge in [0.15, 0.2) is 0 Å². The quantitative estimate of drug-likeness (QED) is 0.898. The highest BCUT2D eigenvalue weighted by Gasteiger charge is 2.29. The Morgan fingerprint density at radius 1 is 1.15 bits per heavy atom. The Bertz CT molecular complexity index is 433. The van der Waals surface area contributed by atoms with Gasteiger partial charge in [-0.1, -0.05) is 52.8 Å². The molecule has 1 aromatic rings. The van der Waals surface area contributed by atoms with Crippen molar-refractivity contribution in [2.24, 2.45) is 0 Å². The van der Waals surface area contributed by atoms with Crippen molar-refractivity contribution >= 4 is 5.69 Å². The van der Waals surface area contributed by atoms with E-state index in [2.05, 4.69) is 69.1 Å². The van der Waals surface area contributed by atoms with Crippen molar-refractivity contribution in [1.82, 2.24) is 5.32 Å². The second kappa shape index (κ2) is 6.17. The number of hydrogen-bond acceptors (Lipinski definition) is 2. The molecule has 0 aliphatic carbocycles. The summed E-state index contributed by atoms with van der Waals surface area (Å²) < 4.78 is 0. The lowest BCUT2D eigenvalue weighted by Gasteiger charge is -2.43. The molecule has 0 spiro atoms. The Kier molecular flexibility index (Phi) is 4.74. The lowest BCUT2D eigenvalue weighted by Crippen LogP contribution is -2.56. The molecule has 1 aromatic carbocycles. The monoisotopic (exact) mass is 274 g/mol. The summed E-state index contributed by atoms with van der Waals surface area (Å²) in [5, 5.41) is 3.69. The van der Waals surface area contributed by atoms with Crippen LogP contribution in [-0.4, -0.2) is 25.2 Å². The number of benzene rings is 1. The van der Waals surface area contributed by atoms with Gasteiger partial charge < -0.3 is 10.2 Å². The zero-order valence-corrected chi connectivity index (χ0v) is 13.7. The van der Waals surface area contributed by atoms with E-state index in [4.69, 9.17) is 0 Å². The van der Waals surface area contributed by atoms with Crippen LogP contribution >= 0.6 is 0 Å². The van der Waals surface area contributed by atoms with Crippen LogP contribution in [0.25, 0.3) is 0 Å². The molecule has 1 aliphatic rings. The van der Waals surface area contributed by atoms with E-state index in [1.807, 2.05) is 0 Å². The fourth-order valence-corrected chi connectivity index (χ4v) is 3.16. The number of piperazine rings is 1. The van der Waals surface area contributed by atoms with E-state index in [0.717, 1.165) is 13.1 Å². The third-order valence-corrected chi connectivity index (χ3v) is 4.49. The molecular weight excluding hydrogens is 244 g/mol. The summed E-state index contributed by atoms with van der Waals surface area (Å²) in [6.45, 7) is 13.7. The number of rotatable bonds is 3. The van der Waals surface area contributed by atoms with Crippen LogP contribution in [-0.2, 0) is 5.41 Å². The maximum Gasteiger partial charge on any atom is 0.0412 e. The first kappa shape index (κ1) is 15.4. The van der Waals surface area contributed by atoms with Crippen molar-refractivity contribution in [2.75, 3.05) is 18.0 Å². The molecule has 1 fully saturated rings.